The highest BCUT2D eigenvalue weighted by Crippen LogP contribution is 2.53. The molecule has 4 nitrogen and oxygen atoms in total. The maximum atomic E-state index is 5.81. The quantitative estimate of drug-likeness (QED) is 0.870. The van der Waals surface area contributed by atoms with Gasteiger partial charge in [-0.15, -0.1) is 10.2 Å². The average Bonchev–Trinajstić information content (AvgIpc) is 2.93. The molecule has 0 amide bonds. The molecule has 4 heteroatoms. The Kier molecular flexibility index (Phi) is 2.59. The van der Waals surface area contributed by atoms with Crippen LogP contribution in [0.2, 0.25) is 0 Å². The normalized spacial score (nSPS) is 21.2. The summed E-state index contributed by atoms with van der Waals surface area (Å²) in [6.45, 7) is 0. The highest BCUT2D eigenvalue weighted by Gasteiger charge is 2.50. The van der Waals surface area contributed by atoms with Crippen LogP contribution in [0, 0.1) is 0 Å². The summed E-state index contributed by atoms with van der Waals surface area (Å²) in [6, 6.07) is 8.88. The van der Waals surface area contributed by atoms with Crippen LogP contribution in [0.1, 0.15) is 56.0 Å². The minimum absolute atomic E-state index is 0.0901. The van der Waals surface area contributed by atoms with Gasteiger partial charge in [0.2, 0.25) is 0 Å². The lowest BCUT2D eigenvalue weighted by Crippen LogP contribution is -2.18. The fraction of sp³-hybridized carbons (Fsp3) is 0.500. The fourth-order valence-corrected chi connectivity index (χ4v) is 3.60. The van der Waals surface area contributed by atoms with Gasteiger partial charge in [0.1, 0.15) is 12.2 Å². The number of nitrogens with zero attached hydrogens (tertiary/aromatic N) is 3. The highest BCUT2D eigenvalue weighted by molar-refractivity contribution is 5.46. The summed E-state index contributed by atoms with van der Waals surface area (Å²) < 4.78 is 2.34. The summed E-state index contributed by atoms with van der Waals surface area (Å²) in [5.41, 5.74) is 8.05. The zero-order valence-corrected chi connectivity index (χ0v) is 11.6. The van der Waals surface area contributed by atoms with Gasteiger partial charge in [-0.05, 0) is 43.4 Å². The summed E-state index contributed by atoms with van der Waals surface area (Å²) in [4.78, 5) is 0. The molecule has 4 rings (SSSR count). The third-order valence-electron chi connectivity index (χ3n) is 4.93. The molecule has 0 spiro atoms. The zero-order chi connectivity index (χ0) is 13.6. The minimum atomic E-state index is 0.0901. The first kappa shape index (κ1) is 11.9. The van der Waals surface area contributed by atoms with Gasteiger partial charge in [-0.1, -0.05) is 25.0 Å². The molecule has 0 unspecified atom stereocenters. The molecule has 2 saturated carbocycles. The second-order valence-corrected chi connectivity index (χ2v) is 6.20. The second kappa shape index (κ2) is 4.33. The Labute approximate surface area is 119 Å². The molecule has 0 saturated heterocycles. The summed E-state index contributed by atoms with van der Waals surface area (Å²) in [6.07, 6.45) is 9.47. The van der Waals surface area contributed by atoms with E-state index in [2.05, 4.69) is 26.9 Å². The first-order valence-electron chi connectivity index (χ1n) is 7.56. The van der Waals surface area contributed by atoms with E-state index in [1.54, 1.807) is 0 Å². The Morgan fingerprint density at radius 2 is 1.80 bits per heavy atom. The molecule has 2 N–H and O–H groups in total. The van der Waals surface area contributed by atoms with Crippen LogP contribution in [0.5, 0.6) is 0 Å². The largest absolute Gasteiger partial charge is 0.399 e. The number of rotatable bonds is 3. The van der Waals surface area contributed by atoms with E-state index in [1.165, 1.54) is 44.1 Å². The molecule has 0 bridgehead atoms. The molecular formula is C16H20N4. The molecule has 104 valence electrons. The molecule has 1 aromatic heterocycles. The van der Waals surface area contributed by atoms with Crippen LogP contribution in [-0.4, -0.2) is 14.8 Å². The average molecular weight is 268 g/mol. The Bertz CT molecular complexity index is 604. The molecule has 2 aliphatic rings. The van der Waals surface area contributed by atoms with Crippen molar-refractivity contribution in [3.63, 3.8) is 0 Å². The maximum Gasteiger partial charge on any atom is 0.143 e. The number of anilines is 1. The number of hydrogen-bond donors (Lipinski definition) is 1. The number of nitrogen functional groups attached to an aromatic ring is 1. The van der Waals surface area contributed by atoms with Crippen molar-refractivity contribution in [1.82, 2.24) is 14.8 Å². The van der Waals surface area contributed by atoms with E-state index in [0.29, 0.717) is 6.04 Å². The molecule has 2 aliphatic carbocycles. The topological polar surface area (TPSA) is 56.7 Å². The molecule has 0 atom stereocenters. The van der Waals surface area contributed by atoms with Gasteiger partial charge in [-0.2, -0.15) is 0 Å². The number of aromatic nitrogens is 3. The smallest absolute Gasteiger partial charge is 0.143 e. The molecule has 0 radical (unpaired) electrons. The second-order valence-electron chi connectivity index (χ2n) is 6.20. The first-order valence-corrected chi connectivity index (χ1v) is 7.56. The lowest BCUT2D eigenvalue weighted by Gasteiger charge is -2.20. The van der Waals surface area contributed by atoms with Gasteiger partial charge in [0, 0.05) is 11.7 Å². The van der Waals surface area contributed by atoms with Crippen LogP contribution in [0.25, 0.3) is 0 Å². The van der Waals surface area contributed by atoms with E-state index in [9.17, 15) is 0 Å². The van der Waals surface area contributed by atoms with E-state index in [4.69, 9.17) is 5.73 Å². The third-order valence-corrected chi connectivity index (χ3v) is 4.93. The van der Waals surface area contributed by atoms with Gasteiger partial charge in [-0.3, -0.25) is 0 Å². The molecule has 2 aromatic rings. The van der Waals surface area contributed by atoms with E-state index in [-0.39, 0.29) is 5.41 Å². The predicted molar refractivity (Wildman–Crippen MR) is 78.4 cm³/mol. The third kappa shape index (κ3) is 1.74. The summed E-state index contributed by atoms with van der Waals surface area (Å²) in [5, 5.41) is 8.68. The van der Waals surface area contributed by atoms with Gasteiger partial charge in [-0.25, -0.2) is 0 Å². The van der Waals surface area contributed by atoms with Crippen LogP contribution < -0.4 is 5.73 Å². The van der Waals surface area contributed by atoms with Gasteiger partial charge in [0.15, 0.2) is 0 Å². The summed E-state index contributed by atoms with van der Waals surface area (Å²) >= 11 is 0. The highest BCUT2D eigenvalue weighted by atomic mass is 15.3. The number of nitrogens with two attached hydrogens (primary N) is 1. The standard InChI is InChI=1S/C16H20N4/c17-13-7-5-12(6-8-13)16(9-10-16)15-19-18-11-20(15)14-3-1-2-4-14/h5-8,11,14H,1-4,9-10,17H2. The predicted octanol–water partition coefficient (Wildman–Crippen LogP) is 3.06. The van der Waals surface area contributed by atoms with E-state index in [1.807, 2.05) is 18.5 Å². The van der Waals surface area contributed by atoms with Crippen molar-refractivity contribution in [2.75, 3.05) is 5.73 Å². The van der Waals surface area contributed by atoms with Crippen molar-refractivity contribution >= 4 is 5.69 Å². The number of benzene rings is 1. The molecular weight excluding hydrogens is 248 g/mol. The molecule has 0 aliphatic heterocycles. The van der Waals surface area contributed by atoms with Crippen molar-refractivity contribution in [3.8, 4) is 0 Å². The van der Waals surface area contributed by atoms with Crippen molar-refractivity contribution < 1.29 is 0 Å². The fourth-order valence-electron chi connectivity index (χ4n) is 3.60. The Balaban J connectivity index is 1.73. The summed E-state index contributed by atoms with van der Waals surface area (Å²) in [5.74, 6) is 1.16. The van der Waals surface area contributed by atoms with E-state index >= 15 is 0 Å². The SMILES string of the molecule is Nc1ccc(C2(c3nncn3C3CCCC3)CC2)cc1. The molecule has 1 heterocycles. The monoisotopic (exact) mass is 268 g/mol. The lowest BCUT2D eigenvalue weighted by atomic mass is 9.94. The molecule has 20 heavy (non-hydrogen) atoms. The lowest BCUT2D eigenvalue weighted by molar-refractivity contribution is 0.482. The van der Waals surface area contributed by atoms with Crippen molar-refractivity contribution in [2.45, 2.75) is 50.0 Å². The van der Waals surface area contributed by atoms with Crippen LogP contribution in [0.4, 0.5) is 5.69 Å². The molecule has 2 fully saturated rings. The van der Waals surface area contributed by atoms with Crippen LogP contribution >= 0.6 is 0 Å². The summed E-state index contributed by atoms with van der Waals surface area (Å²) in [7, 11) is 0. The number of hydrogen-bond acceptors (Lipinski definition) is 3. The Hall–Kier alpha value is -1.84. The van der Waals surface area contributed by atoms with Gasteiger partial charge >= 0.3 is 0 Å². The van der Waals surface area contributed by atoms with Crippen molar-refractivity contribution in [3.05, 3.63) is 42.0 Å². The zero-order valence-electron chi connectivity index (χ0n) is 11.6. The van der Waals surface area contributed by atoms with Crippen LogP contribution in [0.15, 0.2) is 30.6 Å². The minimum Gasteiger partial charge on any atom is -0.399 e. The van der Waals surface area contributed by atoms with Crippen molar-refractivity contribution in [1.29, 1.82) is 0 Å². The van der Waals surface area contributed by atoms with Crippen LogP contribution in [-0.2, 0) is 5.41 Å². The van der Waals surface area contributed by atoms with Crippen molar-refractivity contribution in [2.24, 2.45) is 0 Å². The molecule has 1 aromatic carbocycles. The van der Waals surface area contributed by atoms with Gasteiger partial charge in [0.05, 0.1) is 5.41 Å². The Morgan fingerprint density at radius 1 is 1.10 bits per heavy atom. The van der Waals surface area contributed by atoms with E-state index in [0.717, 1.165) is 11.5 Å². The first-order chi connectivity index (χ1) is 9.79. The van der Waals surface area contributed by atoms with Crippen LogP contribution in [0.3, 0.4) is 0 Å². The van der Waals surface area contributed by atoms with Gasteiger partial charge in [0.25, 0.3) is 0 Å². The maximum absolute atomic E-state index is 5.81. The Morgan fingerprint density at radius 3 is 2.45 bits per heavy atom. The van der Waals surface area contributed by atoms with Gasteiger partial charge < -0.3 is 10.3 Å². The van der Waals surface area contributed by atoms with E-state index < -0.39 is 0 Å².